The highest BCUT2D eigenvalue weighted by Crippen LogP contribution is 2.18. The number of rotatable bonds is 8. The number of carbonyl (C=O) groups excluding carboxylic acids is 2. The van der Waals surface area contributed by atoms with Gasteiger partial charge in [0.15, 0.2) is 6.61 Å². The fourth-order valence-corrected chi connectivity index (χ4v) is 2.78. The van der Waals surface area contributed by atoms with E-state index in [-0.39, 0.29) is 18.4 Å². The van der Waals surface area contributed by atoms with Gasteiger partial charge in [-0.25, -0.2) is 0 Å². The molecule has 2 N–H and O–H groups in total. The van der Waals surface area contributed by atoms with Gasteiger partial charge >= 0.3 is 0 Å². The van der Waals surface area contributed by atoms with Crippen molar-refractivity contribution in [3.05, 3.63) is 89.5 Å². The minimum absolute atomic E-state index is 0.175. The molecule has 0 aliphatic carbocycles. The Kier molecular flexibility index (Phi) is 7.05. The molecular formula is C24H24N2O4. The van der Waals surface area contributed by atoms with Gasteiger partial charge in [0.25, 0.3) is 11.8 Å². The molecule has 0 aliphatic heterocycles. The Hall–Kier alpha value is -3.80. The Morgan fingerprint density at radius 1 is 0.867 bits per heavy atom. The molecule has 0 aliphatic rings. The van der Waals surface area contributed by atoms with Crippen molar-refractivity contribution in [1.29, 1.82) is 0 Å². The highest BCUT2D eigenvalue weighted by atomic mass is 16.5. The van der Waals surface area contributed by atoms with Crippen molar-refractivity contribution in [1.82, 2.24) is 5.32 Å². The molecule has 0 saturated carbocycles. The molecule has 3 aromatic carbocycles. The average molecular weight is 404 g/mol. The zero-order valence-corrected chi connectivity index (χ0v) is 17.0. The molecular weight excluding hydrogens is 380 g/mol. The summed E-state index contributed by atoms with van der Waals surface area (Å²) >= 11 is 0. The van der Waals surface area contributed by atoms with E-state index in [4.69, 9.17) is 9.47 Å². The van der Waals surface area contributed by atoms with E-state index in [1.807, 2.05) is 31.2 Å². The highest BCUT2D eigenvalue weighted by Gasteiger charge is 2.13. The summed E-state index contributed by atoms with van der Waals surface area (Å²) in [6, 6.07) is 21.8. The second-order valence-electron chi connectivity index (χ2n) is 6.73. The standard InChI is InChI=1S/C24H24N2O4/c1-17-7-9-18(10-8-17)15-25-24(28)21-5-3-4-6-22(21)26-23(27)16-30-20-13-11-19(29-2)12-14-20/h3-14H,15-16H2,1-2H3,(H,25,28)(H,26,27). The second-order valence-corrected chi connectivity index (χ2v) is 6.73. The summed E-state index contributed by atoms with van der Waals surface area (Å²) in [6.07, 6.45) is 0. The maximum absolute atomic E-state index is 12.6. The van der Waals surface area contributed by atoms with E-state index in [9.17, 15) is 9.59 Å². The molecule has 0 unspecified atom stereocenters. The van der Waals surface area contributed by atoms with Crippen LogP contribution < -0.4 is 20.1 Å². The normalized spacial score (nSPS) is 10.2. The summed E-state index contributed by atoms with van der Waals surface area (Å²) in [5.74, 6) is 0.639. The summed E-state index contributed by atoms with van der Waals surface area (Å²) in [4.78, 5) is 24.9. The Morgan fingerprint density at radius 2 is 1.53 bits per heavy atom. The first-order valence-electron chi connectivity index (χ1n) is 9.54. The van der Waals surface area contributed by atoms with Crippen LogP contribution in [-0.2, 0) is 11.3 Å². The molecule has 0 saturated heterocycles. The Labute approximate surface area is 175 Å². The molecule has 0 aromatic heterocycles. The summed E-state index contributed by atoms with van der Waals surface area (Å²) in [7, 11) is 1.58. The molecule has 154 valence electrons. The minimum Gasteiger partial charge on any atom is -0.497 e. The molecule has 6 nitrogen and oxygen atoms in total. The van der Waals surface area contributed by atoms with Crippen LogP contribution in [0.1, 0.15) is 21.5 Å². The van der Waals surface area contributed by atoms with Crippen LogP contribution in [0, 0.1) is 6.92 Å². The number of carbonyl (C=O) groups is 2. The van der Waals surface area contributed by atoms with E-state index >= 15 is 0 Å². The lowest BCUT2D eigenvalue weighted by Crippen LogP contribution is -2.26. The van der Waals surface area contributed by atoms with E-state index in [1.165, 1.54) is 0 Å². The number of aryl methyl sites for hydroxylation is 1. The lowest BCUT2D eigenvalue weighted by Gasteiger charge is -2.12. The Bertz CT molecular complexity index is 998. The summed E-state index contributed by atoms with van der Waals surface area (Å²) in [5, 5.41) is 5.62. The van der Waals surface area contributed by atoms with Crippen LogP contribution in [0.25, 0.3) is 0 Å². The first-order chi connectivity index (χ1) is 14.5. The smallest absolute Gasteiger partial charge is 0.262 e. The topological polar surface area (TPSA) is 76.7 Å². The van der Waals surface area contributed by atoms with Gasteiger partial charge in [-0.05, 0) is 48.9 Å². The number of methoxy groups -OCH3 is 1. The van der Waals surface area contributed by atoms with Gasteiger partial charge in [0, 0.05) is 6.54 Å². The number of benzene rings is 3. The van der Waals surface area contributed by atoms with Crippen LogP contribution in [0.15, 0.2) is 72.8 Å². The van der Waals surface area contributed by atoms with Crippen molar-refractivity contribution in [2.24, 2.45) is 0 Å². The third-order valence-electron chi connectivity index (χ3n) is 4.45. The minimum atomic E-state index is -0.357. The third kappa shape index (κ3) is 5.85. The van der Waals surface area contributed by atoms with Gasteiger partial charge in [-0.15, -0.1) is 0 Å². The zero-order valence-electron chi connectivity index (χ0n) is 17.0. The van der Waals surface area contributed by atoms with E-state index in [0.29, 0.717) is 29.3 Å². The zero-order chi connectivity index (χ0) is 21.3. The SMILES string of the molecule is COc1ccc(OCC(=O)Nc2ccccc2C(=O)NCc2ccc(C)cc2)cc1. The van der Waals surface area contributed by atoms with Gasteiger partial charge < -0.3 is 20.1 Å². The third-order valence-corrected chi connectivity index (χ3v) is 4.45. The molecule has 0 spiro atoms. The molecule has 2 amide bonds. The Morgan fingerprint density at radius 3 is 2.23 bits per heavy atom. The molecule has 30 heavy (non-hydrogen) atoms. The van der Waals surface area contributed by atoms with E-state index in [2.05, 4.69) is 10.6 Å². The largest absolute Gasteiger partial charge is 0.497 e. The van der Waals surface area contributed by atoms with E-state index < -0.39 is 0 Å². The lowest BCUT2D eigenvalue weighted by molar-refractivity contribution is -0.118. The predicted octanol–water partition coefficient (Wildman–Crippen LogP) is 3.95. The van der Waals surface area contributed by atoms with Gasteiger partial charge in [0.2, 0.25) is 0 Å². The van der Waals surface area contributed by atoms with Gasteiger partial charge in [-0.2, -0.15) is 0 Å². The fraction of sp³-hybridized carbons (Fsp3) is 0.167. The quantitative estimate of drug-likeness (QED) is 0.596. The van der Waals surface area contributed by atoms with Crippen LogP contribution in [0.3, 0.4) is 0 Å². The molecule has 0 bridgehead atoms. The number of para-hydroxylation sites is 1. The van der Waals surface area contributed by atoms with E-state index in [1.54, 1.807) is 55.6 Å². The average Bonchev–Trinajstić information content (AvgIpc) is 2.78. The molecule has 6 heteroatoms. The van der Waals surface area contributed by atoms with E-state index in [0.717, 1.165) is 11.1 Å². The van der Waals surface area contributed by atoms with Crippen LogP contribution in [0.5, 0.6) is 11.5 Å². The number of ether oxygens (including phenoxy) is 2. The molecule has 0 atom stereocenters. The van der Waals surface area contributed by atoms with Crippen molar-refractivity contribution in [3.63, 3.8) is 0 Å². The van der Waals surface area contributed by atoms with Gasteiger partial charge in [0.1, 0.15) is 11.5 Å². The predicted molar refractivity (Wildman–Crippen MR) is 116 cm³/mol. The molecule has 0 fully saturated rings. The summed E-state index contributed by atoms with van der Waals surface area (Å²) < 4.78 is 10.6. The van der Waals surface area contributed by atoms with Crippen molar-refractivity contribution >= 4 is 17.5 Å². The van der Waals surface area contributed by atoms with Crippen LogP contribution in [0.4, 0.5) is 5.69 Å². The molecule has 0 heterocycles. The summed E-state index contributed by atoms with van der Waals surface area (Å²) in [5.41, 5.74) is 2.99. The molecule has 3 aromatic rings. The van der Waals surface area contributed by atoms with Crippen LogP contribution in [0.2, 0.25) is 0 Å². The highest BCUT2D eigenvalue weighted by molar-refractivity contribution is 6.04. The van der Waals surface area contributed by atoms with Crippen molar-refractivity contribution in [2.75, 3.05) is 19.0 Å². The number of nitrogens with one attached hydrogen (secondary N) is 2. The second kappa shape index (κ2) is 10.1. The molecule has 0 radical (unpaired) electrons. The van der Waals surface area contributed by atoms with Crippen molar-refractivity contribution in [3.8, 4) is 11.5 Å². The first kappa shape index (κ1) is 20.9. The van der Waals surface area contributed by atoms with Crippen LogP contribution in [-0.4, -0.2) is 25.5 Å². The number of amides is 2. The van der Waals surface area contributed by atoms with Crippen molar-refractivity contribution < 1.29 is 19.1 Å². The number of anilines is 1. The number of hydrogen-bond donors (Lipinski definition) is 2. The fourth-order valence-electron chi connectivity index (χ4n) is 2.78. The van der Waals surface area contributed by atoms with Crippen molar-refractivity contribution in [2.45, 2.75) is 13.5 Å². The first-order valence-corrected chi connectivity index (χ1v) is 9.54. The maximum Gasteiger partial charge on any atom is 0.262 e. The lowest BCUT2D eigenvalue weighted by atomic mass is 10.1. The molecule has 3 rings (SSSR count). The number of hydrogen-bond acceptors (Lipinski definition) is 4. The van der Waals surface area contributed by atoms with Gasteiger partial charge in [-0.3, -0.25) is 9.59 Å². The maximum atomic E-state index is 12.6. The van der Waals surface area contributed by atoms with Gasteiger partial charge in [-0.1, -0.05) is 42.0 Å². The van der Waals surface area contributed by atoms with Gasteiger partial charge in [0.05, 0.1) is 18.4 Å². The monoisotopic (exact) mass is 404 g/mol. The van der Waals surface area contributed by atoms with Crippen LogP contribution >= 0.6 is 0 Å². The summed E-state index contributed by atoms with van der Waals surface area (Å²) in [6.45, 7) is 2.24. The Balaban J connectivity index is 1.57.